The van der Waals surface area contributed by atoms with E-state index in [2.05, 4.69) is 47.6 Å². The van der Waals surface area contributed by atoms with Crippen molar-refractivity contribution in [3.63, 3.8) is 0 Å². The molecule has 134 valence electrons. The number of hydrogen-bond donors (Lipinski definition) is 0. The van der Waals surface area contributed by atoms with E-state index in [1.54, 1.807) is 0 Å². The molecule has 0 aromatic heterocycles. The molecule has 0 rings (SSSR count). The zero-order valence-electron chi connectivity index (χ0n) is 14.9. The van der Waals surface area contributed by atoms with Gasteiger partial charge in [0, 0.05) is 0 Å². The van der Waals surface area contributed by atoms with Crippen LogP contribution in [-0.2, 0) is 14.3 Å². The van der Waals surface area contributed by atoms with Gasteiger partial charge in [-0.25, -0.2) is 0 Å². The summed E-state index contributed by atoms with van der Waals surface area (Å²) in [5.41, 5.74) is 0. The van der Waals surface area contributed by atoms with E-state index in [1.165, 1.54) is 25.7 Å². The Labute approximate surface area is 143 Å². The van der Waals surface area contributed by atoms with Crippen molar-refractivity contribution in [2.45, 2.75) is 71.1 Å². The number of allylic oxidation sites excluding steroid dienone is 6. The molecular weight excluding hydrogens is 308 g/mol. The molecule has 0 aliphatic rings. The van der Waals surface area contributed by atoms with Crippen molar-refractivity contribution in [2.24, 2.45) is 0 Å². The van der Waals surface area contributed by atoms with Crippen molar-refractivity contribution in [2.75, 3.05) is 12.9 Å². The van der Waals surface area contributed by atoms with Crippen molar-refractivity contribution >= 4 is 10.1 Å². The first-order chi connectivity index (χ1) is 11.1. The minimum Gasteiger partial charge on any atom is -0.270 e. The molecule has 0 aliphatic carbocycles. The lowest BCUT2D eigenvalue weighted by atomic mass is 10.2. The first-order valence-electron chi connectivity index (χ1n) is 8.85. The molecular formula is C19H34O3S. The summed E-state index contributed by atoms with van der Waals surface area (Å²) < 4.78 is 26.2. The number of rotatable bonds is 15. The van der Waals surface area contributed by atoms with Crippen LogP contribution in [0.5, 0.6) is 0 Å². The molecule has 0 spiro atoms. The van der Waals surface area contributed by atoms with E-state index in [4.69, 9.17) is 0 Å². The van der Waals surface area contributed by atoms with Crippen molar-refractivity contribution in [3.8, 4) is 0 Å². The summed E-state index contributed by atoms with van der Waals surface area (Å²) in [5, 5.41) is 0. The third-order valence-electron chi connectivity index (χ3n) is 3.33. The van der Waals surface area contributed by atoms with E-state index in [9.17, 15) is 8.42 Å². The highest BCUT2D eigenvalue weighted by atomic mass is 32.2. The van der Waals surface area contributed by atoms with Gasteiger partial charge in [-0.15, -0.1) is 0 Å². The standard InChI is InChI=1S/C19H34O3S/c1-3-4-5-6-7-8-9-10-11-12-13-14-15-16-17-18-19-22-23(2,20)21/h7-8,10-11,13-14H,3-6,9,12,15-19H2,1-2H3/b8-7+,11-10+,14-13+. The Kier molecular flexibility index (Phi) is 15.4. The van der Waals surface area contributed by atoms with Crippen LogP contribution in [0.4, 0.5) is 0 Å². The van der Waals surface area contributed by atoms with Crippen LogP contribution < -0.4 is 0 Å². The average Bonchev–Trinajstić information content (AvgIpc) is 2.49. The SMILES string of the molecule is CCCCC/C=C/C/C=C/C/C=C/CCCCCOS(C)(=O)=O. The normalized spacial score (nSPS) is 13.0. The van der Waals surface area contributed by atoms with Gasteiger partial charge in [0.25, 0.3) is 10.1 Å². The van der Waals surface area contributed by atoms with E-state index in [0.29, 0.717) is 6.61 Å². The molecule has 0 aliphatic heterocycles. The fraction of sp³-hybridized carbons (Fsp3) is 0.684. The molecule has 0 fully saturated rings. The fourth-order valence-corrected chi connectivity index (χ4v) is 2.46. The lowest BCUT2D eigenvalue weighted by Gasteiger charge is -1.99. The van der Waals surface area contributed by atoms with Crippen LogP contribution in [0.25, 0.3) is 0 Å². The molecule has 3 nitrogen and oxygen atoms in total. The van der Waals surface area contributed by atoms with Crippen molar-refractivity contribution in [1.82, 2.24) is 0 Å². The quantitative estimate of drug-likeness (QED) is 0.222. The van der Waals surface area contributed by atoms with Crippen molar-refractivity contribution < 1.29 is 12.6 Å². The minimum atomic E-state index is -3.27. The molecule has 0 N–H and O–H groups in total. The van der Waals surface area contributed by atoms with Crippen LogP contribution >= 0.6 is 0 Å². The number of unbranched alkanes of at least 4 members (excludes halogenated alkanes) is 6. The van der Waals surface area contributed by atoms with Gasteiger partial charge in [0.15, 0.2) is 0 Å². The van der Waals surface area contributed by atoms with Gasteiger partial charge in [-0.1, -0.05) is 62.6 Å². The van der Waals surface area contributed by atoms with Crippen LogP contribution in [0.1, 0.15) is 71.1 Å². The Bertz CT molecular complexity index is 434. The van der Waals surface area contributed by atoms with Crippen LogP contribution in [-0.4, -0.2) is 21.3 Å². The average molecular weight is 343 g/mol. The minimum absolute atomic E-state index is 0.303. The van der Waals surface area contributed by atoms with Crippen LogP contribution in [0.15, 0.2) is 36.5 Å². The molecule has 0 saturated carbocycles. The second-order valence-corrected chi connectivity index (χ2v) is 7.40. The Balaban J connectivity index is 3.35. The second-order valence-electron chi connectivity index (χ2n) is 5.76. The highest BCUT2D eigenvalue weighted by Crippen LogP contribution is 2.03. The molecule has 0 aromatic rings. The van der Waals surface area contributed by atoms with E-state index >= 15 is 0 Å². The fourth-order valence-electron chi connectivity index (χ4n) is 2.04. The summed E-state index contributed by atoms with van der Waals surface area (Å²) in [7, 11) is -3.27. The van der Waals surface area contributed by atoms with Gasteiger partial charge in [-0.05, 0) is 44.9 Å². The molecule has 0 heterocycles. The Hall–Kier alpha value is -0.870. The van der Waals surface area contributed by atoms with Gasteiger partial charge in [-0.2, -0.15) is 8.42 Å². The molecule has 0 saturated heterocycles. The Morgan fingerprint density at radius 1 is 0.739 bits per heavy atom. The summed E-state index contributed by atoms with van der Waals surface area (Å²) in [6, 6.07) is 0. The van der Waals surface area contributed by atoms with Crippen LogP contribution in [0, 0.1) is 0 Å². The van der Waals surface area contributed by atoms with E-state index in [-0.39, 0.29) is 0 Å². The molecule has 0 unspecified atom stereocenters. The highest BCUT2D eigenvalue weighted by Gasteiger charge is 1.99. The predicted molar refractivity (Wildman–Crippen MR) is 100 cm³/mol. The lowest BCUT2D eigenvalue weighted by Crippen LogP contribution is -2.03. The van der Waals surface area contributed by atoms with E-state index < -0.39 is 10.1 Å². The van der Waals surface area contributed by atoms with Gasteiger partial charge in [-0.3, -0.25) is 4.18 Å². The molecule has 0 atom stereocenters. The number of hydrogen-bond acceptors (Lipinski definition) is 3. The van der Waals surface area contributed by atoms with Gasteiger partial charge in [0.2, 0.25) is 0 Å². The molecule has 0 aromatic carbocycles. The van der Waals surface area contributed by atoms with Gasteiger partial charge < -0.3 is 0 Å². The maximum atomic E-state index is 10.7. The lowest BCUT2D eigenvalue weighted by molar-refractivity contribution is 0.310. The summed E-state index contributed by atoms with van der Waals surface area (Å²) in [5.74, 6) is 0. The van der Waals surface area contributed by atoms with Crippen molar-refractivity contribution in [3.05, 3.63) is 36.5 Å². The van der Waals surface area contributed by atoms with E-state index in [0.717, 1.165) is 44.8 Å². The third kappa shape index (κ3) is 21.1. The third-order valence-corrected chi connectivity index (χ3v) is 3.93. The molecule has 0 amide bonds. The smallest absolute Gasteiger partial charge is 0.264 e. The van der Waals surface area contributed by atoms with Gasteiger partial charge >= 0.3 is 0 Å². The van der Waals surface area contributed by atoms with Gasteiger partial charge in [0.05, 0.1) is 12.9 Å². The summed E-state index contributed by atoms with van der Waals surface area (Å²) in [4.78, 5) is 0. The van der Waals surface area contributed by atoms with E-state index in [1.807, 2.05) is 0 Å². The first kappa shape index (κ1) is 22.1. The molecule has 23 heavy (non-hydrogen) atoms. The largest absolute Gasteiger partial charge is 0.270 e. The predicted octanol–water partition coefficient (Wildman–Crippen LogP) is 5.55. The summed E-state index contributed by atoms with van der Waals surface area (Å²) >= 11 is 0. The molecule has 0 bridgehead atoms. The Morgan fingerprint density at radius 3 is 1.78 bits per heavy atom. The highest BCUT2D eigenvalue weighted by molar-refractivity contribution is 7.85. The zero-order valence-corrected chi connectivity index (χ0v) is 15.7. The van der Waals surface area contributed by atoms with Crippen molar-refractivity contribution in [1.29, 1.82) is 0 Å². The maximum absolute atomic E-state index is 10.7. The first-order valence-corrected chi connectivity index (χ1v) is 10.7. The molecule has 4 heteroatoms. The summed E-state index contributed by atoms with van der Waals surface area (Å²) in [6.45, 7) is 2.53. The molecule has 0 radical (unpaired) electrons. The summed E-state index contributed by atoms with van der Waals surface area (Å²) in [6.07, 6.45) is 25.5. The maximum Gasteiger partial charge on any atom is 0.264 e. The Morgan fingerprint density at radius 2 is 1.26 bits per heavy atom. The van der Waals surface area contributed by atoms with Gasteiger partial charge in [0.1, 0.15) is 0 Å². The van der Waals surface area contributed by atoms with Crippen LogP contribution in [0.3, 0.4) is 0 Å². The monoisotopic (exact) mass is 342 g/mol. The second kappa shape index (κ2) is 16.0. The van der Waals surface area contributed by atoms with Crippen LogP contribution in [0.2, 0.25) is 0 Å². The zero-order chi connectivity index (χ0) is 17.2. The topological polar surface area (TPSA) is 43.4 Å².